The minimum atomic E-state index is -3.80. The van der Waals surface area contributed by atoms with Crippen LogP contribution in [0.1, 0.15) is 11.1 Å². The first-order valence-electron chi connectivity index (χ1n) is 8.33. The molecule has 1 N–H and O–H groups in total. The molecular weight excluding hydrogens is 404 g/mol. The predicted octanol–water partition coefficient (Wildman–Crippen LogP) is 3.38. The zero-order chi connectivity index (χ0) is 21.1. The SMILES string of the molecule is COc1cc(N(CC(=O)Nc2ccc(C)cc2C)S(C)(=O)=O)c(OC)cc1Cl. The van der Waals surface area contributed by atoms with Crippen LogP contribution in [0.4, 0.5) is 11.4 Å². The second-order valence-electron chi connectivity index (χ2n) is 6.29. The van der Waals surface area contributed by atoms with Gasteiger partial charge in [-0.25, -0.2) is 8.42 Å². The summed E-state index contributed by atoms with van der Waals surface area (Å²) >= 11 is 6.09. The van der Waals surface area contributed by atoms with Gasteiger partial charge in [0, 0.05) is 17.8 Å². The summed E-state index contributed by atoms with van der Waals surface area (Å²) in [4.78, 5) is 12.6. The molecule has 2 aromatic rings. The third-order valence-corrected chi connectivity index (χ3v) is 5.49. The first kappa shape index (κ1) is 21.8. The molecule has 0 aromatic heterocycles. The number of anilines is 2. The van der Waals surface area contributed by atoms with Gasteiger partial charge in [0.25, 0.3) is 0 Å². The molecule has 1 amide bonds. The summed E-state index contributed by atoms with van der Waals surface area (Å²) < 4.78 is 36.2. The molecule has 7 nitrogen and oxygen atoms in total. The zero-order valence-electron chi connectivity index (χ0n) is 16.4. The maximum atomic E-state index is 12.6. The Morgan fingerprint density at radius 1 is 1.11 bits per heavy atom. The van der Waals surface area contributed by atoms with Gasteiger partial charge in [-0.05, 0) is 25.5 Å². The highest BCUT2D eigenvalue weighted by Crippen LogP contribution is 2.39. The number of halogens is 1. The maximum absolute atomic E-state index is 12.6. The minimum absolute atomic E-state index is 0.155. The van der Waals surface area contributed by atoms with E-state index in [9.17, 15) is 13.2 Å². The van der Waals surface area contributed by atoms with Crippen LogP contribution < -0.4 is 19.1 Å². The highest BCUT2D eigenvalue weighted by Gasteiger charge is 2.26. The van der Waals surface area contributed by atoms with Gasteiger partial charge in [0.2, 0.25) is 15.9 Å². The van der Waals surface area contributed by atoms with E-state index < -0.39 is 22.5 Å². The van der Waals surface area contributed by atoms with E-state index in [1.165, 1.54) is 26.4 Å². The second-order valence-corrected chi connectivity index (χ2v) is 8.61. The normalized spacial score (nSPS) is 11.1. The van der Waals surface area contributed by atoms with Gasteiger partial charge in [0.1, 0.15) is 18.0 Å². The van der Waals surface area contributed by atoms with Crippen LogP contribution in [-0.2, 0) is 14.8 Å². The lowest BCUT2D eigenvalue weighted by atomic mass is 10.1. The van der Waals surface area contributed by atoms with Crippen LogP contribution in [0.15, 0.2) is 30.3 Å². The van der Waals surface area contributed by atoms with Gasteiger partial charge in [-0.15, -0.1) is 0 Å². The monoisotopic (exact) mass is 426 g/mol. The Morgan fingerprint density at radius 3 is 2.29 bits per heavy atom. The Labute approximate surface area is 170 Å². The number of hydrogen-bond acceptors (Lipinski definition) is 5. The van der Waals surface area contributed by atoms with Crippen molar-refractivity contribution in [2.75, 3.05) is 36.6 Å². The van der Waals surface area contributed by atoms with Gasteiger partial charge in [-0.3, -0.25) is 9.10 Å². The molecule has 0 bridgehead atoms. The van der Waals surface area contributed by atoms with Gasteiger partial charge < -0.3 is 14.8 Å². The van der Waals surface area contributed by atoms with E-state index in [-0.39, 0.29) is 22.2 Å². The molecule has 9 heteroatoms. The highest BCUT2D eigenvalue weighted by molar-refractivity contribution is 7.92. The van der Waals surface area contributed by atoms with Gasteiger partial charge in [-0.2, -0.15) is 0 Å². The van der Waals surface area contributed by atoms with Crippen molar-refractivity contribution in [2.45, 2.75) is 13.8 Å². The molecule has 0 aliphatic heterocycles. The summed E-state index contributed by atoms with van der Waals surface area (Å²) in [5, 5.41) is 3.00. The molecule has 0 saturated heterocycles. The highest BCUT2D eigenvalue weighted by atomic mass is 35.5. The Morgan fingerprint density at radius 2 is 1.75 bits per heavy atom. The summed E-state index contributed by atoms with van der Waals surface area (Å²) in [6.45, 7) is 3.38. The topological polar surface area (TPSA) is 84.9 Å². The van der Waals surface area contributed by atoms with Crippen LogP contribution in [0.2, 0.25) is 5.02 Å². The predicted molar refractivity (Wildman–Crippen MR) is 111 cm³/mol. The number of amides is 1. The van der Waals surface area contributed by atoms with Gasteiger partial charge >= 0.3 is 0 Å². The summed E-state index contributed by atoms with van der Waals surface area (Å²) in [6.07, 6.45) is 1.01. The van der Waals surface area contributed by atoms with Crippen molar-refractivity contribution >= 4 is 38.9 Å². The third kappa shape index (κ3) is 5.08. The molecule has 0 aliphatic rings. The van der Waals surface area contributed by atoms with Crippen LogP contribution in [0.5, 0.6) is 11.5 Å². The maximum Gasteiger partial charge on any atom is 0.245 e. The van der Waals surface area contributed by atoms with Crippen molar-refractivity contribution in [1.29, 1.82) is 0 Å². The molecular formula is C19H23ClN2O5S. The van der Waals surface area contributed by atoms with Crippen molar-refractivity contribution in [2.24, 2.45) is 0 Å². The smallest absolute Gasteiger partial charge is 0.245 e. The Hall–Kier alpha value is -2.45. The lowest BCUT2D eigenvalue weighted by molar-refractivity contribution is -0.114. The van der Waals surface area contributed by atoms with Gasteiger partial charge in [0.15, 0.2) is 0 Å². The first-order valence-corrected chi connectivity index (χ1v) is 10.6. The molecule has 152 valence electrons. The van der Waals surface area contributed by atoms with Crippen molar-refractivity contribution in [1.82, 2.24) is 0 Å². The average molecular weight is 427 g/mol. The number of rotatable bonds is 7. The number of ether oxygens (including phenoxy) is 2. The fraction of sp³-hybridized carbons (Fsp3) is 0.316. The largest absolute Gasteiger partial charge is 0.495 e. The molecule has 0 radical (unpaired) electrons. The number of nitrogens with one attached hydrogen (secondary N) is 1. The third-order valence-electron chi connectivity index (χ3n) is 4.07. The van der Waals surface area contributed by atoms with E-state index in [0.717, 1.165) is 21.7 Å². The molecule has 0 unspecified atom stereocenters. The number of sulfonamides is 1. The van der Waals surface area contributed by atoms with Gasteiger partial charge in [-0.1, -0.05) is 29.3 Å². The lowest BCUT2D eigenvalue weighted by Gasteiger charge is -2.24. The van der Waals surface area contributed by atoms with Crippen LogP contribution in [0, 0.1) is 13.8 Å². The number of nitrogens with zero attached hydrogens (tertiary/aromatic N) is 1. The molecule has 2 rings (SSSR count). The number of carbonyl (C=O) groups excluding carboxylic acids is 1. The van der Waals surface area contributed by atoms with Crippen LogP contribution in [0.25, 0.3) is 0 Å². The fourth-order valence-electron chi connectivity index (χ4n) is 2.69. The summed E-state index contributed by atoms with van der Waals surface area (Å²) in [5.74, 6) is -0.0233. The van der Waals surface area contributed by atoms with E-state index in [2.05, 4.69) is 5.32 Å². The van der Waals surface area contributed by atoms with Crippen LogP contribution in [0.3, 0.4) is 0 Å². The Kier molecular flexibility index (Phi) is 6.79. The Bertz CT molecular complexity index is 992. The van der Waals surface area contributed by atoms with Crippen LogP contribution in [-0.4, -0.2) is 41.3 Å². The van der Waals surface area contributed by atoms with Crippen molar-refractivity contribution in [3.05, 3.63) is 46.5 Å². The minimum Gasteiger partial charge on any atom is -0.495 e. The summed E-state index contributed by atoms with van der Waals surface area (Å²) in [7, 11) is -1.00. The van der Waals surface area contributed by atoms with Crippen LogP contribution >= 0.6 is 11.6 Å². The van der Waals surface area contributed by atoms with E-state index in [4.69, 9.17) is 21.1 Å². The molecule has 0 spiro atoms. The van der Waals surface area contributed by atoms with E-state index >= 15 is 0 Å². The quantitative estimate of drug-likeness (QED) is 0.733. The molecule has 0 atom stereocenters. The second kappa shape index (κ2) is 8.70. The van der Waals surface area contributed by atoms with E-state index in [1.807, 2.05) is 26.0 Å². The fourth-order valence-corrected chi connectivity index (χ4v) is 3.78. The van der Waals surface area contributed by atoms with Crippen molar-refractivity contribution in [3.8, 4) is 11.5 Å². The average Bonchev–Trinajstić information content (AvgIpc) is 2.61. The van der Waals surface area contributed by atoms with Crippen molar-refractivity contribution < 1.29 is 22.7 Å². The summed E-state index contributed by atoms with van der Waals surface area (Å²) in [6, 6.07) is 8.43. The first-order chi connectivity index (χ1) is 13.1. The molecule has 28 heavy (non-hydrogen) atoms. The number of methoxy groups -OCH3 is 2. The van der Waals surface area contributed by atoms with E-state index in [0.29, 0.717) is 5.69 Å². The molecule has 0 aliphatic carbocycles. The number of benzene rings is 2. The molecule has 0 fully saturated rings. The molecule has 0 saturated carbocycles. The van der Waals surface area contributed by atoms with Gasteiger partial charge in [0.05, 0.1) is 31.2 Å². The number of carbonyl (C=O) groups is 1. The molecule has 0 heterocycles. The number of hydrogen-bond donors (Lipinski definition) is 1. The summed E-state index contributed by atoms with van der Waals surface area (Å²) in [5.41, 5.74) is 2.71. The zero-order valence-corrected chi connectivity index (χ0v) is 17.9. The molecule has 2 aromatic carbocycles. The standard InChI is InChI=1S/C19H23ClN2O5S/c1-12-6-7-15(13(2)8-12)21-19(23)11-22(28(5,24)25)16-10-17(26-3)14(20)9-18(16)27-4/h6-10H,11H2,1-5H3,(H,21,23). The van der Waals surface area contributed by atoms with E-state index in [1.54, 1.807) is 6.07 Å². The lowest BCUT2D eigenvalue weighted by Crippen LogP contribution is -2.37. The Balaban J connectivity index is 2.39. The van der Waals surface area contributed by atoms with Crippen molar-refractivity contribution in [3.63, 3.8) is 0 Å². The number of aryl methyl sites for hydroxylation is 2.